The number of alkyl halides is 3. The number of nitrogens with zero attached hydrogens (tertiary/aromatic N) is 5. The fourth-order valence-corrected chi connectivity index (χ4v) is 4.88. The van der Waals surface area contributed by atoms with Crippen LogP contribution >= 0.6 is 0 Å². The number of carbonyl (C=O) groups excluding carboxylic acids is 2. The van der Waals surface area contributed by atoms with Gasteiger partial charge in [0.15, 0.2) is 0 Å². The predicted octanol–water partition coefficient (Wildman–Crippen LogP) is 4.88. The summed E-state index contributed by atoms with van der Waals surface area (Å²) in [6.45, 7) is 4.02. The number of nitrogen functional groups attached to an aromatic ring is 1. The third-order valence-corrected chi connectivity index (χ3v) is 6.63. The summed E-state index contributed by atoms with van der Waals surface area (Å²) in [4.78, 5) is 40.0. The number of aromatic nitrogens is 4. The van der Waals surface area contributed by atoms with Gasteiger partial charge >= 0.3 is 6.18 Å². The van der Waals surface area contributed by atoms with E-state index in [-0.39, 0.29) is 34.3 Å². The van der Waals surface area contributed by atoms with Crippen LogP contribution in [-0.2, 0) is 11.0 Å². The van der Waals surface area contributed by atoms with Crippen molar-refractivity contribution in [2.75, 3.05) is 17.6 Å². The van der Waals surface area contributed by atoms with E-state index in [1.165, 1.54) is 30.6 Å². The standard InChI is InChI=1S/C27H24F3N7O2/c1-2-19(38)36-14-7-6-10-18(36)25-34-21(22-23(31)32-13-15-37(22)25)20-17(27(28,29)30)11-12-33-24(20)35-26(39)16-8-4-3-5-9-16/h2-5,8-9,11-13,15,18H,1,6-7,10,14H2,(H2,31,32)(H,33,35,39)/t18-/m0/s1. The topological polar surface area (TPSA) is 119 Å². The highest BCUT2D eigenvalue weighted by atomic mass is 19.4. The van der Waals surface area contributed by atoms with Crippen LogP contribution in [0.1, 0.15) is 47.1 Å². The molecule has 1 saturated heterocycles. The summed E-state index contributed by atoms with van der Waals surface area (Å²) < 4.78 is 44.6. The molecule has 9 nitrogen and oxygen atoms in total. The van der Waals surface area contributed by atoms with Crippen LogP contribution in [0.15, 0.2) is 67.6 Å². The average molecular weight is 536 g/mol. The van der Waals surface area contributed by atoms with Gasteiger partial charge in [-0.25, -0.2) is 15.0 Å². The van der Waals surface area contributed by atoms with Crippen LogP contribution in [0.2, 0.25) is 0 Å². The number of pyridine rings is 1. The second-order valence-electron chi connectivity index (χ2n) is 9.00. The fraction of sp³-hybridized carbons (Fsp3) is 0.222. The summed E-state index contributed by atoms with van der Waals surface area (Å²) in [5, 5.41) is 2.51. The van der Waals surface area contributed by atoms with Gasteiger partial charge < -0.3 is 16.0 Å². The van der Waals surface area contributed by atoms with Crippen LogP contribution in [-0.4, -0.2) is 42.6 Å². The minimum Gasteiger partial charge on any atom is -0.382 e. The zero-order valence-corrected chi connectivity index (χ0v) is 20.7. The van der Waals surface area contributed by atoms with Gasteiger partial charge in [-0.2, -0.15) is 13.2 Å². The molecule has 200 valence electrons. The van der Waals surface area contributed by atoms with E-state index in [4.69, 9.17) is 5.73 Å². The van der Waals surface area contributed by atoms with Gasteiger partial charge in [-0.05, 0) is 43.5 Å². The van der Waals surface area contributed by atoms with Crippen LogP contribution in [0, 0.1) is 0 Å². The number of rotatable bonds is 5. The van der Waals surface area contributed by atoms with E-state index >= 15 is 0 Å². The molecule has 0 aliphatic carbocycles. The van der Waals surface area contributed by atoms with Crippen LogP contribution < -0.4 is 11.1 Å². The number of anilines is 2. The van der Waals surface area contributed by atoms with Gasteiger partial charge in [0.1, 0.15) is 28.7 Å². The highest BCUT2D eigenvalue weighted by Crippen LogP contribution is 2.43. The van der Waals surface area contributed by atoms with Gasteiger partial charge in [-0.15, -0.1) is 0 Å². The van der Waals surface area contributed by atoms with Crippen molar-refractivity contribution >= 4 is 29.0 Å². The summed E-state index contributed by atoms with van der Waals surface area (Å²) in [5.74, 6) is -1.04. The Morgan fingerprint density at radius 3 is 2.59 bits per heavy atom. The molecule has 0 unspecified atom stereocenters. The molecular formula is C27H24F3N7O2. The molecule has 1 aliphatic rings. The molecule has 5 rings (SSSR count). The van der Waals surface area contributed by atoms with Gasteiger partial charge in [0.05, 0.1) is 17.2 Å². The Balaban J connectivity index is 1.75. The number of fused-ring (bicyclic) bond motifs is 1. The summed E-state index contributed by atoms with van der Waals surface area (Å²) in [6.07, 6.45) is 2.40. The number of carbonyl (C=O) groups is 2. The Kier molecular flexibility index (Phi) is 6.77. The van der Waals surface area contributed by atoms with Gasteiger partial charge in [0, 0.05) is 30.7 Å². The van der Waals surface area contributed by atoms with E-state index in [2.05, 4.69) is 26.8 Å². The lowest BCUT2D eigenvalue weighted by molar-refractivity contribution is -0.137. The molecule has 0 radical (unpaired) electrons. The molecule has 0 spiro atoms. The Bertz CT molecular complexity index is 1570. The molecular weight excluding hydrogens is 511 g/mol. The molecule has 3 aromatic heterocycles. The number of imidazole rings is 1. The smallest absolute Gasteiger partial charge is 0.382 e. The van der Waals surface area contributed by atoms with Crippen LogP contribution in [0.5, 0.6) is 0 Å². The molecule has 1 aromatic carbocycles. The molecule has 3 N–H and O–H groups in total. The van der Waals surface area contributed by atoms with Crippen molar-refractivity contribution < 1.29 is 22.8 Å². The molecule has 1 atom stereocenters. The van der Waals surface area contributed by atoms with E-state index in [1.807, 2.05) is 0 Å². The number of likely N-dealkylation sites (tertiary alicyclic amines) is 1. The highest BCUT2D eigenvalue weighted by molar-refractivity contribution is 6.06. The van der Waals surface area contributed by atoms with E-state index in [1.54, 1.807) is 27.5 Å². The van der Waals surface area contributed by atoms with E-state index in [0.717, 1.165) is 25.1 Å². The third kappa shape index (κ3) is 4.80. The third-order valence-electron chi connectivity index (χ3n) is 6.63. The maximum atomic E-state index is 14.4. The molecule has 0 bridgehead atoms. The van der Waals surface area contributed by atoms with Gasteiger partial charge in [-0.3, -0.25) is 14.0 Å². The second-order valence-corrected chi connectivity index (χ2v) is 9.00. The van der Waals surface area contributed by atoms with Crippen molar-refractivity contribution in [2.45, 2.75) is 31.5 Å². The molecule has 0 saturated carbocycles. The minimum absolute atomic E-state index is 0.0685. The highest BCUT2D eigenvalue weighted by Gasteiger charge is 2.38. The second kappa shape index (κ2) is 10.2. The first-order valence-electron chi connectivity index (χ1n) is 12.2. The Morgan fingerprint density at radius 1 is 1.10 bits per heavy atom. The quantitative estimate of drug-likeness (QED) is 0.352. The van der Waals surface area contributed by atoms with E-state index in [9.17, 15) is 22.8 Å². The number of hydrogen-bond acceptors (Lipinski definition) is 6. The van der Waals surface area contributed by atoms with Crippen molar-refractivity contribution in [3.05, 3.63) is 84.6 Å². The molecule has 12 heteroatoms. The summed E-state index contributed by atoms with van der Waals surface area (Å²) >= 11 is 0. The first kappa shape index (κ1) is 25.9. The molecule has 4 aromatic rings. The molecule has 39 heavy (non-hydrogen) atoms. The maximum Gasteiger partial charge on any atom is 0.417 e. The number of amides is 2. The number of benzene rings is 1. The van der Waals surface area contributed by atoms with Crippen molar-refractivity contribution in [1.82, 2.24) is 24.3 Å². The van der Waals surface area contributed by atoms with Crippen molar-refractivity contribution in [3.8, 4) is 11.3 Å². The monoisotopic (exact) mass is 535 g/mol. The van der Waals surface area contributed by atoms with Crippen molar-refractivity contribution in [2.24, 2.45) is 0 Å². The lowest BCUT2D eigenvalue weighted by Gasteiger charge is -2.34. The number of nitrogens with two attached hydrogens (primary N) is 1. The van der Waals surface area contributed by atoms with Crippen molar-refractivity contribution in [3.63, 3.8) is 0 Å². The Hall–Kier alpha value is -4.74. The lowest BCUT2D eigenvalue weighted by Crippen LogP contribution is -2.38. The summed E-state index contributed by atoms with van der Waals surface area (Å²) in [5.41, 5.74) is 4.88. The SMILES string of the molecule is C=CC(=O)N1CCCC[C@H]1c1nc(-c2c(C(F)(F)F)ccnc2NC(=O)c2ccccc2)c2c(N)nccn12. The Morgan fingerprint density at radius 2 is 1.87 bits per heavy atom. The van der Waals surface area contributed by atoms with Gasteiger partial charge in [0.25, 0.3) is 5.91 Å². The number of halogens is 3. The molecule has 2 amide bonds. The minimum atomic E-state index is -4.81. The van der Waals surface area contributed by atoms with Crippen LogP contribution in [0.4, 0.5) is 24.8 Å². The molecule has 1 aliphatic heterocycles. The van der Waals surface area contributed by atoms with Crippen LogP contribution in [0.3, 0.4) is 0 Å². The fourth-order valence-electron chi connectivity index (χ4n) is 4.88. The van der Waals surface area contributed by atoms with Gasteiger partial charge in [0.2, 0.25) is 5.91 Å². The average Bonchev–Trinajstić information content (AvgIpc) is 3.33. The summed E-state index contributed by atoms with van der Waals surface area (Å²) in [7, 11) is 0. The molecule has 4 heterocycles. The first-order chi connectivity index (χ1) is 18.7. The van der Waals surface area contributed by atoms with Gasteiger partial charge in [-0.1, -0.05) is 24.8 Å². The van der Waals surface area contributed by atoms with E-state index in [0.29, 0.717) is 18.8 Å². The maximum absolute atomic E-state index is 14.4. The number of piperidine rings is 1. The van der Waals surface area contributed by atoms with E-state index < -0.39 is 29.3 Å². The molecule has 1 fully saturated rings. The zero-order valence-electron chi connectivity index (χ0n) is 20.7. The Labute approximate surface area is 221 Å². The van der Waals surface area contributed by atoms with Crippen molar-refractivity contribution in [1.29, 1.82) is 0 Å². The predicted molar refractivity (Wildman–Crippen MR) is 139 cm³/mol. The zero-order chi connectivity index (χ0) is 27.7. The number of hydrogen-bond donors (Lipinski definition) is 2. The summed E-state index contributed by atoms with van der Waals surface area (Å²) in [6, 6.07) is 8.32. The normalized spacial score (nSPS) is 15.8. The van der Waals surface area contributed by atoms with Crippen LogP contribution in [0.25, 0.3) is 16.8 Å². The number of nitrogens with one attached hydrogen (secondary N) is 1. The largest absolute Gasteiger partial charge is 0.417 e. The first-order valence-corrected chi connectivity index (χ1v) is 12.2. The lowest BCUT2D eigenvalue weighted by atomic mass is 10.0.